The lowest BCUT2D eigenvalue weighted by Gasteiger charge is -2.36. The molecule has 3 aromatic rings. The van der Waals surface area contributed by atoms with Gasteiger partial charge in [-0.25, -0.2) is 14.3 Å². The van der Waals surface area contributed by atoms with Crippen LogP contribution in [0.15, 0.2) is 24.7 Å². The minimum absolute atomic E-state index is 0.0145. The number of nitrogens with zero attached hydrogens (tertiary/aromatic N) is 8. The number of ether oxygens (including phenoxy) is 2. The molecule has 0 atom stereocenters. The van der Waals surface area contributed by atoms with E-state index < -0.39 is 11.5 Å². The van der Waals surface area contributed by atoms with Crippen LogP contribution in [0, 0.1) is 17.2 Å². The maximum atomic E-state index is 13.3. The van der Waals surface area contributed by atoms with E-state index in [0.29, 0.717) is 69.0 Å². The third-order valence-electron chi connectivity index (χ3n) is 7.55. The zero-order valence-electron chi connectivity index (χ0n) is 24.2. The Kier molecular flexibility index (Phi) is 8.02. The number of hydrogen-bond acceptors (Lipinski definition) is 10. The van der Waals surface area contributed by atoms with Crippen LogP contribution in [-0.2, 0) is 14.3 Å². The number of anilines is 2. The average molecular weight is 578 g/mol. The summed E-state index contributed by atoms with van der Waals surface area (Å²) in [5, 5.41) is 21.1. The van der Waals surface area contributed by atoms with Crippen molar-refractivity contribution in [3.8, 4) is 6.07 Å². The summed E-state index contributed by atoms with van der Waals surface area (Å²) >= 11 is 0. The van der Waals surface area contributed by atoms with Gasteiger partial charge in [-0.05, 0) is 52.5 Å². The number of rotatable bonds is 5. The first kappa shape index (κ1) is 28.8. The molecule has 2 fully saturated rings. The molecule has 0 unspecified atom stereocenters. The normalized spacial score (nSPS) is 19.3. The summed E-state index contributed by atoms with van der Waals surface area (Å²) < 4.78 is 13.6. The fourth-order valence-corrected chi connectivity index (χ4v) is 5.33. The largest absolute Gasteiger partial charge is 0.469 e. The highest BCUT2D eigenvalue weighted by atomic mass is 16.6. The molecule has 3 aromatic heterocycles. The van der Waals surface area contributed by atoms with Crippen molar-refractivity contribution < 1.29 is 23.9 Å². The second-order valence-corrected chi connectivity index (χ2v) is 11.5. The van der Waals surface area contributed by atoms with Gasteiger partial charge in [0.05, 0.1) is 37.2 Å². The molecule has 5 rings (SSSR count). The second kappa shape index (κ2) is 11.7. The van der Waals surface area contributed by atoms with E-state index in [2.05, 4.69) is 21.6 Å². The highest BCUT2D eigenvalue weighted by molar-refractivity contribution is 6.08. The summed E-state index contributed by atoms with van der Waals surface area (Å²) in [6.45, 7) is 7.61. The molecule has 4 heterocycles. The number of esters is 1. The van der Waals surface area contributed by atoms with Gasteiger partial charge in [-0.15, -0.1) is 0 Å². The smallest absolute Gasteiger partial charge is 0.410 e. The van der Waals surface area contributed by atoms with Crippen molar-refractivity contribution in [1.29, 1.82) is 5.26 Å². The number of aromatic nitrogens is 5. The number of piperazine rings is 1. The Balaban J connectivity index is 1.26. The Bertz CT molecular complexity index is 1520. The monoisotopic (exact) mass is 577 g/mol. The predicted molar refractivity (Wildman–Crippen MR) is 151 cm³/mol. The van der Waals surface area contributed by atoms with Crippen LogP contribution < -0.4 is 10.2 Å². The van der Waals surface area contributed by atoms with E-state index >= 15 is 0 Å². The first-order chi connectivity index (χ1) is 20.1. The highest BCUT2D eigenvalue weighted by Gasteiger charge is 2.30. The molecule has 1 aliphatic carbocycles. The maximum absolute atomic E-state index is 13.3. The molecule has 1 aliphatic heterocycles. The van der Waals surface area contributed by atoms with Crippen LogP contribution in [0.25, 0.3) is 5.65 Å². The van der Waals surface area contributed by atoms with Gasteiger partial charge < -0.3 is 24.6 Å². The number of nitriles is 1. The molecule has 0 bridgehead atoms. The van der Waals surface area contributed by atoms with Crippen molar-refractivity contribution >= 4 is 35.1 Å². The van der Waals surface area contributed by atoms with E-state index in [1.54, 1.807) is 22.0 Å². The Hall–Kier alpha value is -4.67. The van der Waals surface area contributed by atoms with Gasteiger partial charge in [-0.3, -0.25) is 14.3 Å². The summed E-state index contributed by atoms with van der Waals surface area (Å²) in [6, 6.07) is 3.89. The third kappa shape index (κ3) is 6.14. The minimum atomic E-state index is -0.558. The lowest BCUT2D eigenvalue weighted by Crippen LogP contribution is -2.50. The maximum Gasteiger partial charge on any atom is 0.410 e. The zero-order valence-corrected chi connectivity index (χ0v) is 24.2. The van der Waals surface area contributed by atoms with Crippen molar-refractivity contribution in [2.75, 3.05) is 43.5 Å². The van der Waals surface area contributed by atoms with Crippen LogP contribution in [0.2, 0.25) is 0 Å². The lowest BCUT2D eigenvalue weighted by molar-refractivity contribution is -0.146. The van der Waals surface area contributed by atoms with Crippen LogP contribution in [-0.4, -0.2) is 86.1 Å². The van der Waals surface area contributed by atoms with Crippen molar-refractivity contribution in [1.82, 2.24) is 29.3 Å². The molecular weight excluding hydrogens is 542 g/mol. The van der Waals surface area contributed by atoms with Gasteiger partial charge in [0.15, 0.2) is 11.3 Å². The minimum Gasteiger partial charge on any atom is -0.469 e. The van der Waals surface area contributed by atoms with E-state index in [4.69, 9.17) is 14.5 Å². The molecule has 222 valence electrons. The SMILES string of the molecule is COC(=O)C1CCC(n2cc(NC(=O)c3cnn4ccc(N5CCN(C(=O)OC(C)(C)C)CC5)nc34)c(C#N)n2)CC1. The number of carbonyl (C=O) groups excluding carboxylic acids is 3. The molecule has 1 saturated carbocycles. The molecule has 0 radical (unpaired) electrons. The van der Waals surface area contributed by atoms with E-state index in [1.807, 2.05) is 31.7 Å². The number of carbonyl (C=O) groups is 3. The molecule has 14 nitrogen and oxygen atoms in total. The molecule has 2 amide bonds. The number of methoxy groups -OCH3 is 1. The third-order valence-corrected chi connectivity index (χ3v) is 7.55. The summed E-state index contributed by atoms with van der Waals surface area (Å²) in [4.78, 5) is 46.1. The van der Waals surface area contributed by atoms with Crippen molar-refractivity contribution in [3.05, 3.63) is 35.9 Å². The van der Waals surface area contributed by atoms with Crippen LogP contribution in [0.4, 0.5) is 16.3 Å². The molecule has 2 aliphatic rings. The van der Waals surface area contributed by atoms with E-state index in [9.17, 15) is 19.6 Å². The molecule has 0 spiro atoms. The van der Waals surface area contributed by atoms with E-state index in [1.165, 1.54) is 17.8 Å². The Morgan fingerprint density at radius 1 is 1.10 bits per heavy atom. The summed E-state index contributed by atoms with van der Waals surface area (Å²) in [6.07, 6.45) is 7.27. The van der Waals surface area contributed by atoms with Crippen LogP contribution in [0.1, 0.15) is 68.5 Å². The second-order valence-electron chi connectivity index (χ2n) is 11.5. The number of amides is 2. The summed E-state index contributed by atoms with van der Waals surface area (Å²) in [5.41, 5.74) is 0.460. The van der Waals surface area contributed by atoms with Gasteiger partial charge in [0.1, 0.15) is 23.1 Å². The average Bonchev–Trinajstić information content (AvgIpc) is 3.59. The quantitative estimate of drug-likeness (QED) is 0.447. The van der Waals surface area contributed by atoms with Gasteiger partial charge in [0.25, 0.3) is 5.91 Å². The van der Waals surface area contributed by atoms with Crippen LogP contribution in [0.5, 0.6) is 0 Å². The highest BCUT2D eigenvalue weighted by Crippen LogP contribution is 2.33. The van der Waals surface area contributed by atoms with Gasteiger partial charge in [-0.1, -0.05) is 0 Å². The zero-order chi connectivity index (χ0) is 30.0. The fraction of sp³-hybridized carbons (Fsp3) is 0.536. The summed E-state index contributed by atoms with van der Waals surface area (Å²) in [5.74, 6) is -0.130. The van der Waals surface area contributed by atoms with Crippen molar-refractivity contribution in [2.45, 2.75) is 58.1 Å². The molecule has 14 heteroatoms. The van der Waals surface area contributed by atoms with E-state index in [-0.39, 0.29) is 35.3 Å². The molecule has 1 N–H and O–H groups in total. The first-order valence-corrected chi connectivity index (χ1v) is 14.0. The Labute approximate surface area is 243 Å². The Morgan fingerprint density at radius 3 is 2.45 bits per heavy atom. The van der Waals surface area contributed by atoms with Gasteiger partial charge in [0.2, 0.25) is 0 Å². The van der Waals surface area contributed by atoms with E-state index in [0.717, 1.165) is 0 Å². The van der Waals surface area contributed by atoms with Gasteiger partial charge in [0, 0.05) is 32.4 Å². The molecular formula is C28H35N9O5. The van der Waals surface area contributed by atoms with Crippen LogP contribution in [0.3, 0.4) is 0 Å². The summed E-state index contributed by atoms with van der Waals surface area (Å²) in [7, 11) is 1.39. The van der Waals surface area contributed by atoms with Crippen LogP contribution >= 0.6 is 0 Å². The topological polar surface area (TPSA) is 160 Å². The van der Waals surface area contributed by atoms with Gasteiger partial charge >= 0.3 is 12.1 Å². The number of hydrogen-bond donors (Lipinski definition) is 1. The molecule has 1 saturated heterocycles. The lowest BCUT2D eigenvalue weighted by atomic mass is 9.86. The molecule has 42 heavy (non-hydrogen) atoms. The fourth-order valence-electron chi connectivity index (χ4n) is 5.33. The number of fused-ring (bicyclic) bond motifs is 1. The number of nitrogens with one attached hydrogen (secondary N) is 1. The standard InChI is InChI=1S/C28H35N9O5/c1-28(2,3)42-27(40)35-13-11-34(12-14-35)23-9-10-36-24(32-23)20(16-30-36)25(38)31-22-17-37(33-21(22)15-29)19-7-5-18(6-8-19)26(39)41-4/h9-10,16-19H,5-8,11-14H2,1-4H3,(H,31,38). The van der Waals surface area contributed by atoms with Crippen molar-refractivity contribution in [3.63, 3.8) is 0 Å². The predicted octanol–water partition coefficient (Wildman–Crippen LogP) is 3.01. The first-order valence-electron chi connectivity index (χ1n) is 14.0. The van der Waals surface area contributed by atoms with Gasteiger partial charge in [-0.2, -0.15) is 15.5 Å². The van der Waals surface area contributed by atoms with Crippen molar-refractivity contribution in [2.24, 2.45) is 5.92 Å². The molecule has 0 aromatic carbocycles. The Morgan fingerprint density at radius 2 is 1.81 bits per heavy atom.